The number of aromatic nitrogens is 1. The standard InChI is InChI=1S/C15H24N2O2S/c1-14(2)6-10(7-15(3,4)9-14)17-13-16-8-11(20-13)12(18)19-5/h8,10H,6-7,9H2,1-5H3,(H,16,17). The first-order valence-electron chi connectivity index (χ1n) is 7.01. The van der Waals surface area contributed by atoms with Crippen LogP contribution in [-0.2, 0) is 4.74 Å². The summed E-state index contributed by atoms with van der Waals surface area (Å²) in [5.41, 5.74) is 0.670. The fourth-order valence-corrected chi connectivity index (χ4v) is 4.47. The molecule has 0 unspecified atom stereocenters. The number of anilines is 1. The number of carbonyl (C=O) groups is 1. The van der Waals surface area contributed by atoms with Crippen LogP contribution in [0.2, 0.25) is 0 Å². The van der Waals surface area contributed by atoms with Crippen LogP contribution in [0.15, 0.2) is 6.20 Å². The third-order valence-corrected chi connectivity index (χ3v) is 4.68. The third kappa shape index (κ3) is 3.72. The number of carbonyl (C=O) groups excluding carboxylic acids is 1. The fraction of sp³-hybridized carbons (Fsp3) is 0.733. The molecule has 0 aromatic carbocycles. The average molecular weight is 296 g/mol. The molecule has 0 spiro atoms. The molecule has 1 N–H and O–H groups in total. The number of hydrogen-bond acceptors (Lipinski definition) is 5. The minimum atomic E-state index is -0.320. The van der Waals surface area contributed by atoms with E-state index >= 15 is 0 Å². The van der Waals surface area contributed by atoms with Crippen LogP contribution < -0.4 is 5.32 Å². The Morgan fingerprint density at radius 3 is 2.50 bits per heavy atom. The first-order chi connectivity index (χ1) is 9.21. The van der Waals surface area contributed by atoms with E-state index < -0.39 is 0 Å². The van der Waals surface area contributed by atoms with Crippen molar-refractivity contribution in [3.63, 3.8) is 0 Å². The normalized spacial score (nSPS) is 21.4. The molecule has 1 aliphatic rings. The van der Waals surface area contributed by atoms with Gasteiger partial charge in [-0.3, -0.25) is 0 Å². The van der Waals surface area contributed by atoms with Gasteiger partial charge in [0, 0.05) is 6.04 Å². The number of nitrogens with one attached hydrogen (secondary N) is 1. The lowest BCUT2D eigenvalue weighted by Crippen LogP contribution is -2.40. The lowest BCUT2D eigenvalue weighted by molar-refractivity contribution is 0.0606. The highest BCUT2D eigenvalue weighted by molar-refractivity contribution is 7.17. The van der Waals surface area contributed by atoms with Gasteiger partial charge in [0.1, 0.15) is 4.88 Å². The summed E-state index contributed by atoms with van der Waals surface area (Å²) in [7, 11) is 1.39. The Kier molecular flexibility index (Phi) is 4.09. The Balaban J connectivity index is 2.06. The largest absolute Gasteiger partial charge is 0.465 e. The Morgan fingerprint density at radius 1 is 1.35 bits per heavy atom. The SMILES string of the molecule is COC(=O)c1cnc(NC2CC(C)(C)CC(C)(C)C2)s1. The maximum atomic E-state index is 11.4. The lowest BCUT2D eigenvalue weighted by atomic mass is 9.63. The molecule has 2 rings (SSSR count). The first kappa shape index (κ1) is 15.3. The van der Waals surface area contributed by atoms with Crippen molar-refractivity contribution in [2.45, 2.75) is 53.0 Å². The molecule has 0 amide bonds. The second-order valence-corrected chi connectivity index (χ2v) is 8.31. The van der Waals surface area contributed by atoms with Gasteiger partial charge in [-0.25, -0.2) is 9.78 Å². The molecule has 0 aliphatic heterocycles. The van der Waals surface area contributed by atoms with E-state index in [1.807, 2.05) is 0 Å². The van der Waals surface area contributed by atoms with Gasteiger partial charge in [0.05, 0.1) is 13.3 Å². The minimum absolute atomic E-state index is 0.320. The fourth-order valence-electron chi connectivity index (χ4n) is 3.66. The molecule has 0 radical (unpaired) electrons. The Morgan fingerprint density at radius 2 is 1.95 bits per heavy atom. The lowest BCUT2D eigenvalue weighted by Gasteiger charge is -2.45. The summed E-state index contributed by atoms with van der Waals surface area (Å²) in [4.78, 5) is 16.3. The van der Waals surface area contributed by atoms with Crippen molar-refractivity contribution in [3.05, 3.63) is 11.1 Å². The summed E-state index contributed by atoms with van der Waals surface area (Å²) >= 11 is 1.36. The first-order valence-corrected chi connectivity index (χ1v) is 7.83. The molecule has 5 heteroatoms. The van der Waals surface area contributed by atoms with Crippen LogP contribution in [-0.4, -0.2) is 24.1 Å². The van der Waals surface area contributed by atoms with Crippen LogP contribution in [0.5, 0.6) is 0 Å². The summed E-state index contributed by atoms with van der Waals surface area (Å²) in [6, 6.07) is 0.408. The molecule has 112 valence electrons. The summed E-state index contributed by atoms with van der Waals surface area (Å²) in [6.45, 7) is 9.29. The number of thiazole rings is 1. The monoisotopic (exact) mass is 296 g/mol. The molecule has 1 aromatic heterocycles. The zero-order valence-corrected chi connectivity index (χ0v) is 13.8. The number of hydrogen-bond donors (Lipinski definition) is 1. The third-order valence-electron chi connectivity index (χ3n) is 3.77. The molecule has 1 aromatic rings. The minimum Gasteiger partial charge on any atom is -0.465 e. The maximum absolute atomic E-state index is 11.4. The van der Waals surface area contributed by atoms with Crippen molar-refractivity contribution in [1.29, 1.82) is 0 Å². The van der Waals surface area contributed by atoms with Crippen LogP contribution in [0, 0.1) is 10.8 Å². The molecule has 4 nitrogen and oxygen atoms in total. The Hall–Kier alpha value is -1.10. The molecule has 0 saturated heterocycles. The number of methoxy groups -OCH3 is 1. The molecule has 20 heavy (non-hydrogen) atoms. The van der Waals surface area contributed by atoms with Crippen LogP contribution >= 0.6 is 11.3 Å². The zero-order chi connectivity index (χ0) is 15.0. The number of ether oxygens (including phenoxy) is 1. The number of esters is 1. The zero-order valence-electron chi connectivity index (χ0n) is 12.9. The molecule has 1 fully saturated rings. The van der Waals surface area contributed by atoms with Gasteiger partial charge in [-0.15, -0.1) is 0 Å². The van der Waals surface area contributed by atoms with Gasteiger partial charge in [-0.2, -0.15) is 0 Å². The van der Waals surface area contributed by atoms with Crippen LogP contribution in [0.4, 0.5) is 5.13 Å². The van der Waals surface area contributed by atoms with Crippen molar-refractivity contribution in [3.8, 4) is 0 Å². The molecule has 0 atom stereocenters. The molecule has 1 aliphatic carbocycles. The van der Waals surface area contributed by atoms with Crippen LogP contribution in [0.1, 0.15) is 56.6 Å². The van der Waals surface area contributed by atoms with E-state index in [1.54, 1.807) is 6.20 Å². The quantitative estimate of drug-likeness (QED) is 0.858. The number of nitrogens with zero attached hydrogens (tertiary/aromatic N) is 1. The second-order valence-electron chi connectivity index (χ2n) is 7.28. The van der Waals surface area contributed by atoms with E-state index in [2.05, 4.69) is 38.0 Å². The summed E-state index contributed by atoms with van der Waals surface area (Å²) in [6.07, 6.45) is 5.08. The highest BCUT2D eigenvalue weighted by Gasteiger charge is 2.38. The van der Waals surface area contributed by atoms with E-state index in [4.69, 9.17) is 4.74 Å². The highest BCUT2D eigenvalue weighted by Crippen LogP contribution is 2.46. The van der Waals surface area contributed by atoms with Crippen LogP contribution in [0.25, 0.3) is 0 Å². The Bertz CT molecular complexity index is 478. The van der Waals surface area contributed by atoms with Crippen molar-refractivity contribution in [1.82, 2.24) is 4.98 Å². The van der Waals surface area contributed by atoms with Gasteiger partial charge in [-0.05, 0) is 30.1 Å². The maximum Gasteiger partial charge on any atom is 0.349 e. The predicted molar refractivity (Wildman–Crippen MR) is 82.3 cm³/mol. The summed E-state index contributed by atoms with van der Waals surface area (Å²) < 4.78 is 4.71. The number of rotatable bonds is 3. The average Bonchev–Trinajstić information content (AvgIpc) is 2.72. The van der Waals surface area contributed by atoms with Gasteiger partial charge >= 0.3 is 5.97 Å². The smallest absolute Gasteiger partial charge is 0.349 e. The Labute approximate surface area is 124 Å². The molecular formula is C15H24N2O2S. The second kappa shape index (κ2) is 5.35. The highest BCUT2D eigenvalue weighted by atomic mass is 32.1. The molecule has 0 bridgehead atoms. The molecule has 1 saturated carbocycles. The van der Waals surface area contributed by atoms with Gasteiger partial charge in [-0.1, -0.05) is 39.0 Å². The van der Waals surface area contributed by atoms with Crippen LogP contribution in [0.3, 0.4) is 0 Å². The summed E-state index contributed by atoms with van der Waals surface area (Å²) in [5, 5.41) is 4.30. The van der Waals surface area contributed by atoms with Gasteiger partial charge < -0.3 is 10.1 Å². The van der Waals surface area contributed by atoms with Crippen molar-refractivity contribution in [2.75, 3.05) is 12.4 Å². The van der Waals surface area contributed by atoms with E-state index in [0.29, 0.717) is 21.7 Å². The van der Waals surface area contributed by atoms with E-state index in [1.165, 1.54) is 24.9 Å². The molecular weight excluding hydrogens is 272 g/mol. The predicted octanol–water partition coefficient (Wildman–Crippen LogP) is 3.95. The molecule has 1 heterocycles. The van der Waals surface area contributed by atoms with E-state index in [9.17, 15) is 4.79 Å². The summed E-state index contributed by atoms with van der Waals surface area (Å²) in [5.74, 6) is -0.320. The van der Waals surface area contributed by atoms with E-state index in [0.717, 1.165) is 18.0 Å². The van der Waals surface area contributed by atoms with Crippen molar-refractivity contribution >= 4 is 22.4 Å². The van der Waals surface area contributed by atoms with Gasteiger partial charge in [0.2, 0.25) is 0 Å². The van der Waals surface area contributed by atoms with Gasteiger partial charge in [0.25, 0.3) is 0 Å². The van der Waals surface area contributed by atoms with Crippen molar-refractivity contribution < 1.29 is 9.53 Å². The van der Waals surface area contributed by atoms with Gasteiger partial charge in [0.15, 0.2) is 5.13 Å². The topological polar surface area (TPSA) is 51.2 Å². The van der Waals surface area contributed by atoms with E-state index in [-0.39, 0.29) is 5.97 Å². The van der Waals surface area contributed by atoms with Crippen molar-refractivity contribution in [2.24, 2.45) is 10.8 Å².